The molecule has 1 amide bonds. The third-order valence-corrected chi connectivity index (χ3v) is 1.77. The Morgan fingerprint density at radius 1 is 1.27 bits per heavy atom. The van der Waals surface area contributed by atoms with Crippen LogP contribution in [0.5, 0.6) is 0 Å². The van der Waals surface area contributed by atoms with E-state index in [9.17, 15) is 4.79 Å². The maximum Gasteiger partial charge on any atom is 0.236 e. The van der Waals surface area contributed by atoms with Gasteiger partial charge in [-0.2, -0.15) is 0 Å². The van der Waals surface area contributed by atoms with E-state index in [1.165, 1.54) is 0 Å². The molecule has 3 nitrogen and oxygen atoms in total. The van der Waals surface area contributed by atoms with Crippen molar-refractivity contribution in [3.63, 3.8) is 0 Å². The van der Waals surface area contributed by atoms with Crippen LogP contribution in [0.25, 0.3) is 0 Å². The standard InChI is InChI=1S/C8H18N2O/c1-7(2)10(5)6-8(11)9(3)4/h7H,6H2,1-5H3. The molecule has 0 spiro atoms. The van der Waals surface area contributed by atoms with Gasteiger partial charge in [-0.15, -0.1) is 0 Å². The van der Waals surface area contributed by atoms with E-state index in [1.54, 1.807) is 19.0 Å². The Morgan fingerprint density at radius 2 is 1.73 bits per heavy atom. The molecule has 0 heterocycles. The molecule has 3 heteroatoms. The van der Waals surface area contributed by atoms with Crippen molar-refractivity contribution in [2.75, 3.05) is 27.7 Å². The predicted octanol–water partition coefficient (Wildman–Crippen LogP) is 0.415. The highest BCUT2D eigenvalue weighted by Gasteiger charge is 2.09. The van der Waals surface area contributed by atoms with Gasteiger partial charge in [-0.05, 0) is 20.9 Å². The van der Waals surface area contributed by atoms with Crippen molar-refractivity contribution in [3.05, 3.63) is 0 Å². The number of rotatable bonds is 3. The second-order valence-corrected chi connectivity index (χ2v) is 3.30. The van der Waals surface area contributed by atoms with Gasteiger partial charge >= 0.3 is 0 Å². The van der Waals surface area contributed by atoms with Crippen LogP contribution in [0.15, 0.2) is 0 Å². The summed E-state index contributed by atoms with van der Waals surface area (Å²) in [6.07, 6.45) is 0. The highest BCUT2D eigenvalue weighted by Crippen LogP contribution is 1.93. The first-order valence-electron chi connectivity index (χ1n) is 3.85. The van der Waals surface area contributed by atoms with E-state index in [1.807, 2.05) is 11.9 Å². The molecule has 0 aromatic rings. The fraction of sp³-hybridized carbons (Fsp3) is 0.875. The Hall–Kier alpha value is -0.570. The van der Waals surface area contributed by atoms with Gasteiger partial charge in [0.05, 0.1) is 6.54 Å². The van der Waals surface area contributed by atoms with E-state index in [2.05, 4.69) is 13.8 Å². The van der Waals surface area contributed by atoms with Gasteiger partial charge in [0, 0.05) is 20.1 Å². The zero-order chi connectivity index (χ0) is 9.02. The molecule has 0 saturated heterocycles. The van der Waals surface area contributed by atoms with Gasteiger partial charge in [-0.1, -0.05) is 0 Å². The van der Waals surface area contributed by atoms with Crippen molar-refractivity contribution in [3.8, 4) is 0 Å². The number of carbonyl (C=O) groups is 1. The lowest BCUT2D eigenvalue weighted by Crippen LogP contribution is -2.37. The quantitative estimate of drug-likeness (QED) is 0.594. The van der Waals surface area contributed by atoms with Crippen LogP contribution in [0.2, 0.25) is 0 Å². The molecule has 0 rings (SSSR count). The van der Waals surface area contributed by atoms with Crippen molar-refractivity contribution in [2.45, 2.75) is 19.9 Å². The second-order valence-electron chi connectivity index (χ2n) is 3.30. The average Bonchev–Trinajstić information content (AvgIpc) is 1.87. The summed E-state index contributed by atoms with van der Waals surface area (Å²) in [7, 11) is 5.50. The zero-order valence-electron chi connectivity index (χ0n) is 8.09. The largest absolute Gasteiger partial charge is 0.348 e. The van der Waals surface area contributed by atoms with Crippen molar-refractivity contribution >= 4 is 5.91 Å². The highest BCUT2D eigenvalue weighted by atomic mass is 16.2. The summed E-state index contributed by atoms with van der Waals surface area (Å²) in [6, 6.07) is 0.430. The van der Waals surface area contributed by atoms with Crippen LogP contribution in [-0.4, -0.2) is 49.4 Å². The first-order chi connectivity index (χ1) is 4.95. The summed E-state index contributed by atoms with van der Waals surface area (Å²) in [5.41, 5.74) is 0. The molecule has 0 radical (unpaired) electrons. The molecule has 0 N–H and O–H groups in total. The minimum Gasteiger partial charge on any atom is -0.348 e. The number of hydrogen-bond acceptors (Lipinski definition) is 2. The van der Waals surface area contributed by atoms with Crippen LogP contribution in [0.3, 0.4) is 0 Å². The second kappa shape index (κ2) is 4.34. The van der Waals surface area contributed by atoms with Crippen LogP contribution in [0.4, 0.5) is 0 Å². The summed E-state index contributed by atoms with van der Waals surface area (Å²) in [4.78, 5) is 14.8. The molecule has 0 aromatic heterocycles. The maximum atomic E-state index is 11.1. The monoisotopic (exact) mass is 158 g/mol. The summed E-state index contributed by atoms with van der Waals surface area (Å²) in [5, 5.41) is 0. The number of carbonyl (C=O) groups excluding carboxylic acids is 1. The Labute approximate surface area is 69.0 Å². The lowest BCUT2D eigenvalue weighted by Gasteiger charge is -2.22. The lowest BCUT2D eigenvalue weighted by atomic mass is 10.3. The molecule has 0 fully saturated rings. The summed E-state index contributed by atoms with van der Waals surface area (Å²) in [6.45, 7) is 4.65. The molecule has 11 heavy (non-hydrogen) atoms. The molecule has 0 aliphatic carbocycles. The number of hydrogen-bond donors (Lipinski definition) is 0. The van der Waals surface area contributed by atoms with Crippen molar-refractivity contribution in [2.24, 2.45) is 0 Å². The van der Waals surface area contributed by atoms with E-state index in [-0.39, 0.29) is 5.91 Å². The van der Waals surface area contributed by atoms with Gasteiger partial charge in [-0.25, -0.2) is 0 Å². The maximum absolute atomic E-state index is 11.1. The smallest absolute Gasteiger partial charge is 0.236 e. The Kier molecular flexibility index (Phi) is 4.11. The molecule has 0 aliphatic rings. The zero-order valence-corrected chi connectivity index (χ0v) is 8.09. The normalized spacial score (nSPS) is 10.8. The minimum atomic E-state index is 0.154. The van der Waals surface area contributed by atoms with Gasteiger partial charge < -0.3 is 4.90 Å². The fourth-order valence-corrected chi connectivity index (χ4v) is 0.537. The SMILES string of the molecule is CC(C)N(C)CC(=O)N(C)C. The highest BCUT2D eigenvalue weighted by molar-refractivity contribution is 5.77. The number of amides is 1. The van der Waals surface area contributed by atoms with Crippen LogP contribution in [0.1, 0.15) is 13.8 Å². The molecule has 0 bridgehead atoms. The molecule has 0 atom stereocenters. The molecule has 0 aliphatic heterocycles. The van der Waals surface area contributed by atoms with Crippen LogP contribution in [0, 0.1) is 0 Å². The molecule has 0 unspecified atom stereocenters. The van der Waals surface area contributed by atoms with Gasteiger partial charge in [0.25, 0.3) is 0 Å². The fourth-order valence-electron chi connectivity index (χ4n) is 0.537. The third-order valence-electron chi connectivity index (χ3n) is 1.77. The number of likely N-dealkylation sites (N-methyl/N-ethyl adjacent to an activating group) is 2. The van der Waals surface area contributed by atoms with Gasteiger partial charge in [0.2, 0.25) is 5.91 Å². The van der Waals surface area contributed by atoms with Gasteiger partial charge in [0.15, 0.2) is 0 Å². The van der Waals surface area contributed by atoms with E-state index < -0.39 is 0 Å². The molecular formula is C8H18N2O. The van der Waals surface area contributed by atoms with E-state index in [0.717, 1.165) is 0 Å². The predicted molar refractivity (Wildman–Crippen MR) is 46.5 cm³/mol. The molecule has 66 valence electrons. The topological polar surface area (TPSA) is 23.6 Å². The Bertz CT molecular complexity index is 132. The lowest BCUT2D eigenvalue weighted by molar-refractivity contribution is -0.129. The minimum absolute atomic E-state index is 0.154. The van der Waals surface area contributed by atoms with Gasteiger partial charge in [-0.3, -0.25) is 9.69 Å². The Balaban J connectivity index is 3.76. The Morgan fingerprint density at radius 3 is 2.00 bits per heavy atom. The van der Waals surface area contributed by atoms with Crippen molar-refractivity contribution < 1.29 is 4.79 Å². The van der Waals surface area contributed by atoms with E-state index in [4.69, 9.17) is 0 Å². The van der Waals surface area contributed by atoms with Crippen molar-refractivity contribution in [1.29, 1.82) is 0 Å². The van der Waals surface area contributed by atoms with Gasteiger partial charge in [0.1, 0.15) is 0 Å². The molecule has 0 saturated carbocycles. The third kappa shape index (κ3) is 3.98. The summed E-state index contributed by atoms with van der Waals surface area (Å²) < 4.78 is 0. The number of nitrogens with zero attached hydrogens (tertiary/aromatic N) is 2. The van der Waals surface area contributed by atoms with Crippen LogP contribution >= 0.6 is 0 Å². The first-order valence-corrected chi connectivity index (χ1v) is 3.85. The molecule has 0 aromatic carbocycles. The van der Waals surface area contributed by atoms with E-state index in [0.29, 0.717) is 12.6 Å². The van der Waals surface area contributed by atoms with E-state index >= 15 is 0 Å². The molecular weight excluding hydrogens is 140 g/mol. The summed E-state index contributed by atoms with van der Waals surface area (Å²) in [5.74, 6) is 0.154. The first kappa shape index (κ1) is 10.4. The summed E-state index contributed by atoms with van der Waals surface area (Å²) >= 11 is 0. The van der Waals surface area contributed by atoms with Crippen LogP contribution in [-0.2, 0) is 4.79 Å². The van der Waals surface area contributed by atoms with Crippen molar-refractivity contribution in [1.82, 2.24) is 9.80 Å². The van der Waals surface area contributed by atoms with Crippen LogP contribution < -0.4 is 0 Å². The average molecular weight is 158 g/mol.